The molecule has 2 aromatic heterocycles. The van der Waals surface area contributed by atoms with Crippen molar-refractivity contribution in [1.82, 2.24) is 19.9 Å². The molecule has 0 radical (unpaired) electrons. The van der Waals surface area contributed by atoms with Gasteiger partial charge in [-0.15, -0.1) is 0 Å². The summed E-state index contributed by atoms with van der Waals surface area (Å²) in [7, 11) is -3.06. The molecular formula is C26H29N5O2S. The van der Waals surface area contributed by atoms with Crippen LogP contribution in [0.3, 0.4) is 0 Å². The van der Waals surface area contributed by atoms with E-state index in [-0.39, 0.29) is 5.75 Å². The van der Waals surface area contributed by atoms with E-state index in [0.29, 0.717) is 12.1 Å². The number of piperazine rings is 1. The first-order valence-electron chi connectivity index (χ1n) is 11.5. The third kappa shape index (κ3) is 4.56. The molecule has 0 bridgehead atoms. The first-order valence-corrected chi connectivity index (χ1v) is 13.5. The fourth-order valence-electron chi connectivity index (χ4n) is 4.78. The highest BCUT2D eigenvalue weighted by Crippen LogP contribution is 2.28. The Morgan fingerprint density at radius 3 is 2.21 bits per heavy atom. The zero-order chi connectivity index (χ0) is 23.9. The van der Waals surface area contributed by atoms with Gasteiger partial charge in [0.25, 0.3) is 0 Å². The summed E-state index contributed by atoms with van der Waals surface area (Å²) >= 11 is 0. The van der Waals surface area contributed by atoms with Gasteiger partial charge < -0.3 is 10.2 Å². The van der Waals surface area contributed by atoms with Gasteiger partial charge in [0, 0.05) is 60.6 Å². The van der Waals surface area contributed by atoms with Gasteiger partial charge >= 0.3 is 0 Å². The van der Waals surface area contributed by atoms with E-state index in [4.69, 9.17) is 4.98 Å². The largest absolute Gasteiger partial charge is 0.364 e. The van der Waals surface area contributed by atoms with Crippen LogP contribution >= 0.6 is 0 Å². The average Bonchev–Trinajstić information content (AvgIpc) is 3.22. The van der Waals surface area contributed by atoms with Gasteiger partial charge in [0.2, 0.25) is 0 Å². The van der Waals surface area contributed by atoms with Crippen LogP contribution in [0.2, 0.25) is 0 Å². The number of hydrogen-bond donors (Lipinski definition) is 1. The summed E-state index contributed by atoms with van der Waals surface area (Å²) < 4.78 is 24.9. The standard InChI is InChI=1S/C26H29N5O2S/c1-18-12-27-13-19(2)31(18)24-10-8-21(9-11-24)23-14-28-26-25(15-29-30(26)16-23)22-6-4-20(5-7-22)17-34(3,32)33/h4-11,14-16,18-19,27H,12-13,17H2,1-3H3/t18-,19+. The molecule has 3 heterocycles. The summed E-state index contributed by atoms with van der Waals surface area (Å²) in [4.78, 5) is 7.17. The predicted octanol–water partition coefficient (Wildman–Crippen LogP) is 3.79. The first-order chi connectivity index (χ1) is 16.3. The van der Waals surface area contributed by atoms with E-state index >= 15 is 0 Å². The van der Waals surface area contributed by atoms with Crippen molar-refractivity contribution < 1.29 is 8.42 Å². The van der Waals surface area contributed by atoms with Crippen LogP contribution in [0.15, 0.2) is 67.1 Å². The van der Waals surface area contributed by atoms with Crippen LogP contribution in [0.5, 0.6) is 0 Å². The number of hydrogen-bond acceptors (Lipinski definition) is 6. The fourth-order valence-corrected chi connectivity index (χ4v) is 5.58. The van der Waals surface area contributed by atoms with Crippen molar-refractivity contribution in [1.29, 1.82) is 0 Å². The maximum atomic E-state index is 11.5. The van der Waals surface area contributed by atoms with E-state index in [1.807, 2.05) is 36.7 Å². The molecule has 0 saturated carbocycles. The molecule has 34 heavy (non-hydrogen) atoms. The Kier molecular flexibility index (Phi) is 5.87. The second-order valence-electron chi connectivity index (χ2n) is 9.25. The summed E-state index contributed by atoms with van der Waals surface area (Å²) in [6.45, 7) is 6.50. The Labute approximate surface area is 200 Å². The highest BCUT2D eigenvalue weighted by atomic mass is 32.2. The van der Waals surface area contributed by atoms with Gasteiger partial charge in [0.15, 0.2) is 15.5 Å². The monoisotopic (exact) mass is 475 g/mol. The molecule has 1 fully saturated rings. The van der Waals surface area contributed by atoms with Gasteiger partial charge in [-0.1, -0.05) is 36.4 Å². The van der Waals surface area contributed by atoms with Crippen LogP contribution in [0.25, 0.3) is 27.9 Å². The van der Waals surface area contributed by atoms with Crippen molar-refractivity contribution in [2.24, 2.45) is 0 Å². The molecule has 176 valence electrons. The normalized spacial score (nSPS) is 19.0. The maximum Gasteiger partial charge on any atom is 0.162 e. The smallest absolute Gasteiger partial charge is 0.162 e. The quantitative estimate of drug-likeness (QED) is 0.473. The minimum atomic E-state index is -3.06. The highest BCUT2D eigenvalue weighted by Gasteiger charge is 2.24. The van der Waals surface area contributed by atoms with Crippen molar-refractivity contribution in [2.45, 2.75) is 31.7 Å². The number of rotatable bonds is 5. The lowest BCUT2D eigenvalue weighted by Crippen LogP contribution is -2.55. The third-order valence-electron chi connectivity index (χ3n) is 6.38. The molecule has 0 aliphatic carbocycles. The summed E-state index contributed by atoms with van der Waals surface area (Å²) in [5.41, 5.74) is 6.73. The van der Waals surface area contributed by atoms with Crippen molar-refractivity contribution in [3.8, 4) is 22.3 Å². The van der Waals surface area contributed by atoms with Crippen molar-refractivity contribution in [2.75, 3.05) is 24.2 Å². The zero-order valence-corrected chi connectivity index (χ0v) is 20.5. The summed E-state index contributed by atoms with van der Waals surface area (Å²) in [5, 5.41) is 8.00. The van der Waals surface area contributed by atoms with Crippen LogP contribution in [0.4, 0.5) is 5.69 Å². The fraction of sp³-hybridized carbons (Fsp3) is 0.308. The molecule has 8 heteroatoms. The number of fused-ring (bicyclic) bond motifs is 1. The van der Waals surface area contributed by atoms with E-state index in [0.717, 1.165) is 46.6 Å². The minimum Gasteiger partial charge on any atom is -0.364 e. The first kappa shape index (κ1) is 22.6. The number of benzene rings is 2. The van der Waals surface area contributed by atoms with Crippen molar-refractivity contribution in [3.05, 3.63) is 72.7 Å². The van der Waals surface area contributed by atoms with Gasteiger partial charge in [-0.05, 0) is 42.7 Å². The van der Waals surface area contributed by atoms with E-state index < -0.39 is 9.84 Å². The molecule has 2 aromatic carbocycles. The van der Waals surface area contributed by atoms with E-state index in [1.54, 1.807) is 10.7 Å². The predicted molar refractivity (Wildman–Crippen MR) is 137 cm³/mol. The van der Waals surface area contributed by atoms with E-state index in [2.05, 4.69) is 53.4 Å². The van der Waals surface area contributed by atoms with Gasteiger partial charge in [0.05, 0.1) is 11.9 Å². The van der Waals surface area contributed by atoms with Crippen LogP contribution in [0, 0.1) is 0 Å². The lowest BCUT2D eigenvalue weighted by Gasteiger charge is -2.41. The zero-order valence-electron chi connectivity index (χ0n) is 19.6. The number of anilines is 1. The average molecular weight is 476 g/mol. The second-order valence-corrected chi connectivity index (χ2v) is 11.4. The van der Waals surface area contributed by atoms with Crippen LogP contribution in [-0.4, -0.2) is 54.4 Å². The minimum absolute atomic E-state index is 0.0366. The summed E-state index contributed by atoms with van der Waals surface area (Å²) in [6.07, 6.45) is 6.92. The molecule has 7 nitrogen and oxygen atoms in total. The maximum absolute atomic E-state index is 11.5. The van der Waals surface area contributed by atoms with Gasteiger partial charge in [-0.2, -0.15) is 5.10 Å². The lowest BCUT2D eigenvalue weighted by molar-refractivity contribution is 0.432. The Morgan fingerprint density at radius 1 is 0.912 bits per heavy atom. The van der Waals surface area contributed by atoms with E-state index in [1.165, 1.54) is 11.9 Å². The Hall–Kier alpha value is -3.23. The Balaban J connectivity index is 1.39. The number of nitrogens with zero attached hydrogens (tertiary/aromatic N) is 4. The van der Waals surface area contributed by atoms with Gasteiger partial charge in [-0.25, -0.2) is 17.9 Å². The van der Waals surface area contributed by atoms with Gasteiger partial charge in [-0.3, -0.25) is 0 Å². The lowest BCUT2D eigenvalue weighted by atomic mass is 10.0. The van der Waals surface area contributed by atoms with E-state index in [9.17, 15) is 8.42 Å². The van der Waals surface area contributed by atoms with Gasteiger partial charge in [0.1, 0.15) is 0 Å². The molecule has 0 spiro atoms. The van der Waals surface area contributed by atoms with Crippen LogP contribution in [-0.2, 0) is 15.6 Å². The molecule has 5 rings (SSSR count). The second kappa shape index (κ2) is 8.85. The number of nitrogens with one attached hydrogen (secondary N) is 1. The highest BCUT2D eigenvalue weighted by molar-refractivity contribution is 7.89. The Bertz CT molecular complexity index is 1400. The summed E-state index contributed by atoms with van der Waals surface area (Å²) in [5.74, 6) is 0.0366. The Morgan fingerprint density at radius 2 is 1.56 bits per heavy atom. The molecule has 0 unspecified atom stereocenters. The summed E-state index contributed by atoms with van der Waals surface area (Å²) in [6, 6.07) is 17.1. The van der Waals surface area contributed by atoms with Crippen molar-refractivity contribution in [3.63, 3.8) is 0 Å². The molecule has 1 saturated heterocycles. The molecule has 0 amide bonds. The molecule has 1 N–H and O–H groups in total. The topological polar surface area (TPSA) is 79.6 Å². The molecule has 1 aliphatic rings. The molecule has 4 aromatic rings. The van der Waals surface area contributed by atoms with Crippen LogP contribution < -0.4 is 10.2 Å². The molecular weight excluding hydrogens is 446 g/mol. The SMILES string of the molecule is C[C@@H]1CNC[C@H](C)N1c1ccc(-c2cnc3c(-c4ccc(CS(C)(=O)=O)cc4)cnn3c2)cc1. The van der Waals surface area contributed by atoms with Crippen LogP contribution in [0.1, 0.15) is 19.4 Å². The number of aromatic nitrogens is 3. The third-order valence-corrected chi connectivity index (χ3v) is 7.24. The number of sulfone groups is 1. The van der Waals surface area contributed by atoms with Crippen molar-refractivity contribution >= 4 is 21.2 Å². The molecule has 1 aliphatic heterocycles. The molecule has 2 atom stereocenters.